The van der Waals surface area contributed by atoms with Crippen LogP contribution in [0.5, 0.6) is 17.2 Å². The molecule has 5 nitrogen and oxygen atoms in total. The average molecular weight is 294 g/mol. The van der Waals surface area contributed by atoms with Crippen molar-refractivity contribution < 1.29 is 14.6 Å². The summed E-state index contributed by atoms with van der Waals surface area (Å²) >= 11 is 0. The van der Waals surface area contributed by atoms with E-state index in [1.807, 2.05) is 6.07 Å². The van der Waals surface area contributed by atoms with E-state index < -0.39 is 0 Å². The van der Waals surface area contributed by atoms with Gasteiger partial charge in [-0.15, -0.1) is 0 Å². The number of methoxy groups -OCH3 is 2. The highest BCUT2D eigenvalue weighted by atomic mass is 16.5. The van der Waals surface area contributed by atoms with Crippen LogP contribution in [0.4, 0.5) is 0 Å². The highest BCUT2D eigenvalue weighted by Crippen LogP contribution is 2.41. The normalized spacial score (nSPS) is 17.5. The molecule has 1 fully saturated rings. The van der Waals surface area contributed by atoms with Crippen LogP contribution in [0.3, 0.4) is 0 Å². The molecule has 1 saturated heterocycles. The molecule has 118 valence electrons. The summed E-state index contributed by atoms with van der Waals surface area (Å²) in [7, 11) is 3.23. The maximum absolute atomic E-state index is 10.5. The Balaban J connectivity index is 2.38. The molecule has 0 unspecified atom stereocenters. The van der Waals surface area contributed by atoms with Gasteiger partial charge in [-0.2, -0.15) is 0 Å². The first-order valence-electron chi connectivity index (χ1n) is 7.60. The lowest BCUT2D eigenvalue weighted by atomic mass is 9.97. The Morgan fingerprint density at radius 2 is 1.95 bits per heavy atom. The van der Waals surface area contributed by atoms with Gasteiger partial charge in [0.05, 0.1) is 19.8 Å². The number of aromatic hydroxyl groups is 1. The van der Waals surface area contributed by atoms with Crippen molar-refractivity contribution in [1.29, 1.82) is 0 Å². The Morgan fingerprint density at radius 3 is 2.52 bits per heavy atom. The van der Waals surface area contributed by atoms with Crippen molar-refractivity contribution in [3.8, 4) is 17.2 Å². The number of nitrogens with one attached hydrogen (secondary N) is 1. The molecule has 0 aliphatic carbocycles. The molecule has 1 aromatic rings. The second-order valence-corrected chi connectivity index (χ2v) is 5.35. The lowest BCUT2D eigenvalue weighted by Crippen LogP contribution is -2.45. The smallest absolute Gasteiger partial charge is 0.131 e. The monoisotopic (exact) mass is 294 g/mol. The topological polar surface area (TPSA) is 54.0 Å². The Bertz CT molecular complexity index is 459. The van der Waals surface area contributed by atoms with Crippen molar-refractivity contribution in [2.24, 2.45) is 0 Å². The predicted molar refractivity (Wildman–Crippen MR) is 83.3 cm³/mol. The number of piperazine rings is 1. The number of rotatable bonds is 6. The zero-order chi connectivity index (χ0) is 15.2. The van der Waals surface area contributed by atoms with E-state index in [1.165, 1.54) is 0 Å². The molecule has 0 saturated carbocycles. The summed E-state index contributed by atoms with van der Waals surface area (Å²) in [4.78, 5) is 2.42. The van der Waals surface area contributed by atoms with Crippen LogP contribution in [0.25, 0.3) is 0 Å². The molecule has 5 heteroatoms. The fraction of sp³-hybridized carbons (Fsp3) is 0.625. The maximum atomic E-state index is 10.5. The van der Waals surface area contributed by atoms with Gasteiger partial charge in [0.2, 0.25) is 0 Å². The number of phenolic OH excluding ortho intramolecular Hbond substituents is 1. The summed E-state index contributed by atoms with van der Waals surface area (Å²) < 4.78 is 10.7. The summed E-state index contributed by atoms with van der Waals surface area (Å²) in [6.07, 6.45) is 2.06. The zero-order valence-corrected chi connectivity index (χ0v) is 13.2. The van der Waals surface area contributed by atoms with E-state index in [1.54, 1.807) is 20.3 Å². The summed E-state index contributed by atoms with van der Waals surface area (Å²) in [5.74, 6) is 1.57. The molecule has 21 heavy (non-hydrogen) atoms. The van der Waals surface area contributed by atoms with Gasteiger partial charge < -0.3 is 19.9 Å². The average Bonchev–Trinajstić information content (AvgIpc) is 2.53. The van der Waals surface area contributed by atoms with Gasteiger partial charge in [0.25, 0.3) is 0 Å². The van der Waals surface area contributed by atoms with Crippen molar-refractivity contribution in [3.63, 3.8) is 0 Å². The highest BCUT2D eigenvalue weighted by molar-refractivity contribution is 5.51. The number of ether oxygens (including phenoxy) is 2. The third-order valence-electron chi connectivity index (χ3n) is 4.04. The summed E-state index contributed by atoms with van der Waals surface area (Å²) in [5.41, 5.74) is 0.877. The largest absolute Gasteiger partial charge is 0.507 e. The van der Waals surface area contributed by atoms with Crippen molar-refractivity contribution in [2.45, 2.75) is 25.8 Å². The number of hydrogen-bond donors (Lipinski definition) is 2. The van der Waals surface area contributed by atoms with Crippen molar-refractivity contribution in [3.05, 3.63) is 17.7 Å². The summed E-state index contributed by atoms with van der Waals surface area (Å²) in [6, 6.07) is 3.70. The molecule has 2 rings (SSSR count). The molecular formula is C16H26N2O3. The number of benzene rings is 1. The van der Waals surface area contributed by atoms with E-state index in [2.05, 4.69) is 17.1 Å². The second-order valence-electron chi connectivity index (χ2n) is 5.35. The molecule has 0 amide bonds. The number of phenols is 1. The minimum atomic E-state index is 0.179. The fourth-order valence-electron chi connectivity index (χ4n) is 2.99. The first-order chi connectivity index (χ1) is 10.2. The molecule has 1 aromatic carbocycles. The van der Waals surface area contributed by atoms with Crippen LogP contribution >= 0.6 is 0 Å². The van der Waals surface area contributed by atoms with Gasteiger partial charge >= 0.3 is 0 Å². The van der Waals surface area contributed by atoms with Gasteiger partial charge in [0.15, 0.2) is 0 Å². The van der Waals surface area contributed by atoms with Crippen molar-refractivity contribution in [1.82, 2.24) is 10.2 Å². The van der Waals surface area contributed by atoms with E-state index in [-0.39, 0.29) is 11.8 Å². The van der Waals surface area contributed by atoms with Crippen LogP contribution in [0.2, 0.25) is 0 Å². The minimum absolute atomic E-state index is 0.179. The van der Waals surface area contributed by atoms with Gasteiger partial charge in [-0.3, -0.25) is 4.90 Å². The van der Waals surface area contributed by atoms with Gasteiger partial charge in [-0.05, 0) is 6.42 Å². The highest BCUT2D eigenvalue weighted by Gasteiger charge is 2.27. The van der Waals surface area contributed by atoms with Gasteiger partial charge in [0.1, 0.15) is 17.2 Å². The predicted octanol–water partition coefficient (Wildman–Crippen LogP) is 2.16. The zero-order valence-electron chi connectivity index (χ0n) is 13.2. The maximum Gasteiger partial charge on any atom is 0.131 e. The van der Waals surface area contributed by atoms with E-state index in [4.69, 9.17) is 9.47 Å². The van der Waals surface area contributed by atoms with Gasteiger partial charge in [-0.1, -0.05) is 13.3 Å². The van der Waals surface area contributed by atoms with Crippen LogP contribution < -0.4 is 14.8 Å². The Morgan fingerprint density at radius 1 is 1.24 bits per heavy atom. The molecule has 1 aliphatic rings. The molecule has 0 radical (unpaired) electrons. The minimum Gasteiger partial charge on any atom is -0.507 e. The van der Waals surface area contributed by atoms with Crippen molar-refractivity contribution in [2.75, 3.05) is 40.4 Å². The molecule has 0 spiro atoms. The summed E-state index contributed by atoms with van der Waals surface area (Å²) in [6.45, 7) is 6.11. The third-order valence-corrected chi connectivity index (χ3v) is 4.04. The van der Waals surface area contributed by atoms with E-state index in [0.717, 1.165) is 44.6 Å². The second kappa shape index (κ2) is 7.52. The Kier molecular flexibility index (Phi) is 5.70. The van der Waals surface area contributed by atoms with Crippen LogP contribution in [-0.4, -0.2) is 50.4 Å². The van der Waals surface area contributed by atoms with Gasteiger partial charge in [0, 0.05) is 44.4 Å². The number of hydrogen-bond acceptors (Lipinski definition) is 5. The van der Waals surface area contributed by atoms with Crippen LogP contribution in [0.1, 0.15) is 31.4 Å². The lowest BCUT2D eigenvalue weighted by molar-refractivity contribution is 0.159. The Hall–Kier alpha value is -1.46. The van der Waals surface area contributed by atoms with E-state index in [9.17, 15) is 5.11 Å². The molecular weight excluding hydrogens is 268 g/mol. The lowest BCUT2D eigenvalue weighted by Gasteiger charge is -2.36. The fourth-order valence-corrected chi connectivity index (χ4v) is 2.99. The number of nitrogens with zero attached hydrogens (tertiary/aromatic N) is 1. The standard InChI is InChI=1S/C16H26N2O3/c1-4-5-13(18-8-6-17-7-9-18)16-14(19)10-12(20-2)11-15(16)21-3/h10-11,13,17,19H,4-9H2,1-3H3/t13-/m1/s1. The molecule has 0 aromatic heterocycles. The van der Waals surface area contributed by atoms with Crippen LogP contribution in [0.15, 0.2) is 12.1 Å². The molecule has 2 N–H and O–H groups in total. The molecule has 1 atom stereocenters. The summed E-state index contributed by atoms with van der Waals surface area (Å²) in [5, 5.41) is 13.8. The van der Waals surface area contributed by atoms with E-state index >= 15 is 0 Å². The molecule has 0 bridgehead atoms. The SMILES string of the molecule is CCC[C@H](c1c(O)cc(OC)cc1OC)N1CCNCC1. The molecule has 1 heterocycles. The first-order valence-corrected chi connectivity index (χ1v) is 7.60. The molecule has 1 aliphatic heterocycles. The first kappa shape index (κ1) is 15.9. The quantitative estimate of drug-likeness (QED) is 0.842. The Labute approximate surface area is 126 Å². The van der Waals surface area contributed by atoms with Crippen LogP contribution in [-0.2, 0) is 0 Å². The van der Waals surface area contributed by atoms with Crippen molar-refractivity contribution >= 4 is 0 Å². The third kappa shape index (κ3) is 3.60. The van der Waals surface area contributed by atoms with Crippen LogP contribution in [0, 0.1) is 0 Å². The van der Waals surface area contributed by atoms with Gasteiger partial charge in [-0.25, -0.2) is 0 Å². The van der Waals surface area contributed by atoms with E-state index in [0.29, 0.717) is 11.5 Å².